The van der Waals surface area contributed by atoms with E-state index in [0.717, 1.165) is 18.4 Å². The smallest absolute Gasteiger partial charge is 0.318 e. The largest absolute Gasteiger partial charge is 0.395 e. The molecule has 18 heavy (non-hydrogen) atoms. The molecule has 1 unspecified atom stereocenters. The van der Waals surface area contributed by atoms with E-state index in [1.165, 1.54) is 5.56 Å². The molecule has 1 aromatic carbocycles. The zero-order valence-corrected chi connectivity index (χ0v) is 10.7. The van der Waals surface area contributed by atoms with Crippen LogP contribution in [0.25, 0.3) is 0 Å². The number of aliphatic hydroxyl groups excluding tert-OH is 1. The van der Waals surface area contributed by atoms with Crippen LogP contribution in [0.1, 0.15) is 30.5 Å². The quantitative estimate of drug-likeness (QED) is 0.833. The number of rotatable bonds is 5. The molecule has 98 valence electrons. The van der Waals surface area contributed by atoms with Crippen molar-refractivity contribution in [2.75, 3.05) is 19.7 Å². The lowest BCUT2D eigenvalue weighted by Gasteiger charge is -2.13. The Hall–Kier alpha value is -1.55. The lowest BCUT2D eigenvalue weighted by molar-refractivity contribution is 0.196. The number of nitrogens with one attached hydrogen (secondary N) is 1. The predicted molar refractivity (Wildman–Crippen MR) is 70.4 cm³/mol. The second-order valence-corrected chi connectivity index (χ2v) is 4.66. The van der Waals surface area contributed by atoms with Crippen LogP contribution < -0.4 is 5.32 Å². The minimum absolute atomic E-state index is 0.00950. The van der Waals surface area contributed by atoms with Crippen LogP contribution in [0.15, 0.2) is 24.3 Å². The van der Waals surface area contributed by atoms with E-state index < -0.39 is 0 Å². The summed E-state index contributed by atoms with van der Waals surface area (Å²) in [6.45, 7) is 3.20. The summed E-state index contributed by atoms with van der Waals surface area (Å²) in [5.41, 5.74) is 2.46. The van der Waals surface area contributed by atoms with Gasteiger partial charge in [-0.15, -0.1) is 0 Å². The van der Waals surface area contributed by atoms with Gasteiger partial charge >= 0.3 is 6.03 Å². The highest BCUT2D eigenvalue weighted by atomic mass is 16.3. The molecule has 1 fully saturated rings. The zero-order valence-electron chi connectivity index (χ0n) is 10.7. The van der Waals surface area contributed by atoms with E-state index in [0.29, 0.717) is 13.1 Å². The van der Waals surface area contributed by atoms with Gasteiger partial charge in [0.2, 0.25) is 0 Å². The first-order valence-electron chi connectivity index (χ1n) is 6.49. The SMILES string of the molecule is CCCc1ccc(C2CN(CCO)C(=O)N2)cc1. The molecule has 0 aliphatic carbocycles. The summed E-state index contributed by atoms with van der Waals surface area (Å²) in [7, 11) is 0. The molecule has 1 aliphatic rings. The molecule has 1 heterocycles. The zero-order chi connectivity index (χ0) is 13.0. The second-order valence-electron chi connectivity index (χ2n) is 4.66. The lowest BCUT2D eigenvalue weighted by atomic mass is 10.0. The molecule has 2 N–H and O–H groups in total. The third-order valence-corrected chi connectivity index (χ3v) is 3.28. The van der Waals surface area contributed by atoms with Crippen LogP contribution in [0, 0.1) is 0 Å². The summed E-state index contributed by atoms with van der Waals surface area (Å²) in [6, 6.07) is 8.36. The number of amides is 2. The molecule has 1 saturated heterocycles. The van der Waals surface area contributed by atoms with Gasteiger partial charge in [0.15, 0.2) is 0 Å². The summed E-state index contributed by atoms with van der Waals surface area (Å²) in [5, 5.41) is 11.8. The highest BCUT2D eigenvalue weighted by Gasteiger charge is 2.28. The average molecular weight is 248 g/mol. The van der Waals surface area contributed by atoms with E-state index in [-0.39, 0.29) is 18.7 Å². The maximum atomic E-state index is 11.6. The van der Waals surface area contributed by atoms with Crippen LogP contribution in [0.3, 0.4) is 0 Å². The van der Waals surface area contributed by atoms with E-state index in [2.05, 4.69) is 36.5 Å². The molecule has 0 spiro atoms. The molecule has 0 radical (unpaired) electrons. The number of aryl methyl sites for hydroxylation is 1. The molecule has 0 saturated carbocycles. The minimum atomic E-state index is -0.0910. The van der Waals surface area contributed by atoms with Gasteiger partial charge in [0.05, 0.1) is 12.6 Å². The first-order valence-corrected chi connectivity index (χ1v) is 6.49. The Morgan fingerprint density at radius 3 is 2.72 bits per heavy atom. The van der Waals surface area contributed by atoms with Gasteiger partial charge in [0.1, 0.15) is 0 Å². The van der Waals surface area contributed by atoms with E-state index in [4.69, 9.17) is 5.11 Å². The summed E-state index contributed by atoms with van der Waals surface area (Å²) in [6.07, 6.45) is 2.23. The van der Waals surface area contributed by atoms with Gasteiger partial charge in [-0.2, -0.15) is 0 Å². The third-order valence-electron chi connectivity index (χ3n) is 3.28. The Morgan fingerprint density at radius 1 is 1.39 bits per heavy atom. The summed E-state index contributed by atoms with van der Waals surface area (Å²) < 4.78 is 0. The van der Waals surface area contributed by atoms with Crippen LogP contribution in [-0.2, 0) is 6.42 Å². The van der Waals surface area contributed by atoms with Crippen molar-refractivity contribution in [3.63, 3.8) is 0 Å². The van der Waals surface area contributed by atoms with Crippen molar-refractivity contribution in [2.45, 2.75) is 25.8 Å². The van der Waals surface area contributed by atoms with Crippen molar-refractivity contribution in [3.05, 3.63) is 35.4 Å². The number of hydrogen-bond acceptors (Lipinski definition) is 2. The Morgan fingerprint density at radius 2 is 2.11 bits per heavy atom. The molecule has 4 heteroatoms. The van der Waals surface area contributed by atoms with Crippen molar-refractivity contribution in [2.24, 2.45) is 0 Å². The van der Waals surface area contributed by atoms with Crippen molar-refractivity contribution < 1.29 is 9.90 Å². The van der Waals surface area contributed by atoms with Gasteiger partial charge in [0.25, 0.3) is 0 Å². The van der Waals surface area contributed by atoms with Gasteiger partial charge in [-0.3, -0.25) is 0 Å². The fourth-order valence-electron chi connectivity index (χ4n) is 2.30. The maximum absolute atomic E-state index is 11.6. The number of β-amino-alcohol motifs (C(OH)–C–C–N with tert-alkyl or cyclic N) is 1. The highest BCUT2D eigenvalue weighted by Crippen LogP contribution is 2.20. The topological polar surface area (TPSA) is 52.6 Å². The standard InChI is InChI=1S/C14H20N2O2/c1-2-3-11-4-6-12(7-5-11)13-10-16(8-9-17)14(18)15-13/h4-7,13,17H,2-3,8-10H2,1H3,(H,15,18). The lowest BCUT2D eigenvalue weighted by Crippen LogP contribution is -2.30. The first kappa shape index (κ1) is 12.9. The molecule has 0 bridgehead atoms. The van der Waals surface area contributed by atoms with Crippen molar-refractivity contribution >= 4 is 6.03 Å². The van der Waals surface area contributed by atoms with Crippen molar-refractivity contribution in [1.82, 2.24) is 10.2 Å². The fraction of sp³-hybridized carbons (Fsp3) is 0.500. The van der Waals surface area contributed by atoms with E-state index in [9.17, 15) is 4.79 Å². The third kappa shape index (κ3) is 2.82. The van der Waals surface area contributed by atoms with Gasteiger partial charge in [-0.1, -0.05) is 37.6 Å². The molecular formula is C14H20N2O2. The second kappa shape index (κ2) is 5.87. The van der Waals surface area contributed by atoms with Crippen LogP contribution in [0.4, 0.5) is 4.79 Å². The van der Waals surface area contributed by atoms with Crippen molar-refractivity contribution in [3.8, 4) is 0 Å². The van der Waals surface area contributed by atoms with E-state index >= 15 is 0 Å². The summed E-state index contributed by atoms with van der Waals surface area (Å²) in [5.74, 6) is 0. The predicted octanol–water partition coefficient (Wildman–Crippen LogP) is 1.70. The summed E-state index contributed by atoms with van der Waals surface area (Å²) >= 11 is 0. The van der Waals surface area contributed by atoms with Gasteiger partial charge in [-0.05, 0) is 17.5 Å². The number of benzene rings is 1. The molecule has 0 aromatic heterocycles. The first-order chi connectivity index (χ1) is 8.74. The Bertz CT molecular complexity index is 403. The molecule has 1 aromatic rings. The van der Waals surface area contributed by atoms with Crippen LogP contribution in [0.5, 0.6) is 0 Å². The minimum Gasteiger partial charge on any atom is -0.395 e. The number of hydrogen-bond donors (Lipinski definition) is 2. The van der Waals surface area contributed by atoms with Crippen LogP contribution >= 0.6 is 0 Å². The van der Waals surface area contributed by atoms with Crippen LogP contribution in [-0.4, -0.2) is 35.7 Å². The molecular weight excluding hydrogens is 228 g/mol. The Labute approximate surface area is 108 Å². The van der Waals surface area contributed by atoms with Gasteiger partial charge in [-0.25, -0.2) is 4.79 Å². The molecule has 4 nitrogen and oxygen atoms in total. The van der Waals surface area contributed by atoms with Gasteiger partial charge < -0.3 is 15.3 Å². The highest BCUT2D eigenvalue weighted by molar-refractivity contribution is 5.77. The number of aliphatic hydroxyl groups is 1. The van der Waals surface area contributed by atoms with Crippen molar-refractivity contribution in [1.29, 1.82) is 0 Å². The average Bonchev–Trinajstić information content (AvgIpc) is 2.73. The number of urea groups is 1. The number of nitrogens with zero attached hydrogens (tertiary/aromatic N) is 1. The Balaban J connectivity index is 2.02. The molecule has 2 amide bonds. The summed E-state index contributed by atoms with van der Waals surface area (Å²) in [4.78, 5) is 13.3. The fourth-order valence-corrected chi connectivity index (χ4v) is 2.30. The number of carbonyl (C=O) groups excluding carboxylic acids is 1. The van der Waals surface area contributed by atoms with Crippen LogP contribution in [0.2, 0.25) is 0 Å². The normalized spacial score (nSPS) is 19.1. The van der Waals surface area contributed by atoms with E-state index in [1.807, 2.05) is 0 Å². The monoisotopic (exact) mass is 248 g/mol. The Kier molecular flexibility index (Phi) is 4.20. The molecule has 2 rings (SSSR count). The van der Waals surface area contributed by atoms with E-state index in [1.54, 1.807) is 4.90 Å². The molecule has 1 atom stereocenters. The van der Waals surface area contributed by atoms with Gasteiger partial charge in [0, 0.05) is 13.1 Å². The molecule has 1 aliphatic heterocycles. The number of carbonyl (C=O) groups is 1. The maximum Gasteiger partial charge on any atom is 0.318 e.